The monoisotopic (exact) mass is 154 g/mol. The molecule has 2 heterocycles. The Kier molecular flexibility index (Phi) is 1.82. The number of rotatable bonds is 1. The maximum absolute atomic E-state index is 11.4. The number of carbonyl (C=O) groups excluding carboxylic acids is 1. The Labute approximate surface area is 66.8 Å². The average Bonchev–Trinajstić information content (AvgIpc) is 2.87. The van der Waals surface area contributed by atoms with Gasteiger partial charge in [-0.1, -0.05) is 0 Å². The average molecular weight is 154 g/mol. The lowest BCUT2D eigenvalue weighted by atomic mass is 10.1. The van der Waals surface area contributed by atoms with Crippen molar-refractivity contribution in [3.8, 4) is 0 Å². The van der Waals surface area contributed by atoms with E-state index < -0.39 is 0 Å². The molecular formula is C8H14N2O. The molecule has 1 atom stereocenters. The fourth-order valence-corrected chi connectivity index (χ4v) is 1.57. The van der Waals surface area contributed by atoms with Crippen molar-refractivity contribution in [3.05, 3.63) is 0 Å². The summed E-state index contributed by atoms with van der Waals surface area (Å²) in [5.41, 5.74) is 0. The molecule has 2 aliphatic heterocycles. The van der Waals surface area contributed by atoms with E-state index in [1.807, 2.05) is 4.90 Å². The molecule has 1 N–H and O–H groups in total. The van der Waals surface area contributed by atoms with E-state index in [2.05, 4.69) is 5.32 Å². The number of carbonyl (C=O) groups is 1. The van der Waals surface area contributed by atoms with E-state index in [1.165, 1.54) is 19.3 Å². The van der Waals surface area contributed by atoms with Crippen LogP contribution in [0.4, 0.5) is 0 Å². The second-order valence-electron chi connectivity index (χ2n) is 3.35. The molecule has 62 valence electrons. The van der Waals surface area contributed by atoms with E-state index >= 15 is 0 Å². The van der Waals surface area contributed by atoms with Gasteiger partial charge in [-0.15, -0.1) is 0 Å². The molecule has 2 fully saturated rings. The fraction of sp³-hybridized carbons (Fsp3) is 0.875. The summed E-state index contributed by atoms with van der Waals surface area (Å²) in [7, 11) is 0. The minimum Gasteiger partial charge on any atom is -0.341 e. The smallest absolute Gasteiger partial charge is 0.241 e. The van der Waals surface area contributed by atoms with Crippen LogP contribution in [0.5, 0.6) is 0 Å². The Bertz CT molecular complexity index is 159. The molecule has 3 nitrogen and oxygen atoms in total. The van der Waals surface area contributed by atoms with Crippen molar-refractivity contribution in [2.45, 2.75) is 25.3 Å². The van der Waals surface area contributed by atoms with Crippen molar-refractivity contribution in [1.29, 1.82) is 0 Å². The van der Waals surface area contributed by atoms with Crippen LogP contribution in [0.3, 0.4) is 0 Å². The highest BCUT2D eigenvalue weighted by Crippen LogP contribution is 2.12. The normalized spacial score (nSPS) is 30.2. The third-order valence-electron chi connectivity index (χ3n) is 2.37. The van der Waals surface area contributed by atoms with Gasteiger partial charge in [0.25, 0.3) is 0 Å². The largest absolute Gasteiger partial charge is 0.341 e. The van der Waals surface area contributed by atoms with Gasteiger partial charge in [0.1, 0.15) is 0 Å². The number of hydrogen-bond donors (Lipinski definition) is 1. The molecule has 11 heavy (non-hydrogen) atoms. The van der Waals surface area contributed by atoms with Crippen LogP contribution in [0.15, 0.2) is 0 Å². The summed E-state index contributed by atoms with van der Waals surface area (Å²) >= 11 is 0. The third-order valence-corrected chi connectivity index (χ3v) is 2.37. The van der Waals surface area contributed by atoms with Crippen molar-refractivity contribution < 1.29 is 4.79 Å². The first kappa shape index (κ1) is 7.10. The predicted molar refractivity (Wildman–Crippen MR) is 42.2 cm³/mol. The number of hydrogen-bond acceptors (Lipinski definition) is 2. The fourth-order valence-electron chi connectivity index (χ4n) is 1.57. The molecule has 2 rings (SSSR count). The standard InChI is InChI=1S/C8H14N2O/c11-8(7-6-9-7)10-4-2-1-3-5-10/h7,9H,1-6H2. The maximum Gasteiger partial charge on any atom is 0.241 e. The van der Waals surface area contributed by atoms with Crippen LogP contribution < -0.4 is 5.32 Å². The first-order valence-corrected chi connectivity index (χ1v) is 4.40. The molecule has 0 aliphatic carbocycles. The summed E-state index contributed by atoms with van der Waals surface area (Å²) in [6, 6.07) is 0.174. The topological polar surface area (TPSA) is 42.3 Å². The highest BCUT2D eigenvalue weighted by atomic mass is 16.2. The Morgan fingerprint density at radius 3 is 2.45 bits per heavy atom. The molecule has 0 saturated carbocycles. The molecule has 0 aromatic carbocycles. The molecule has 1 amide bonds. The SMILES string of the molecule is O=C(C1CN1)N1CCCCC1. The molecule has 3 heteroatoms. The zero-order valence-corrected chi connectivity index (χ0v) is 6.68. The van der Waals surface area contributed by atoms with E-state index in [4.69, 9.17) is 0 Å². The van der Waals surface area contributed by atoms with Crippen LogP contribution in [0.1, 0.15) is 19.3 Å². The van der Waals surface area contributed by atoms with Gasteiger partial charge in [0.2, 0.25) is 5.91 Å². The van der Waals surface area contributed by atoms with Crippen molar-refractivity contribution in [3.63, 3.8) is 0 Å². The molecule has 2 aliphatic rings. The Hall–Kier alpha value is -0.570. The van der Waals surface area contributed by atoms with Gasteiger partial charge in [-0.05, 0) is 19.3 Å². The summed E-state index contributed by atoms with van der Waals surface area (Å²) in [4.78, 5) is 13.4. The summed E-state index contributed by atoms with van der Waals surface area (Å²) in [5, 5.41) is 3.04. The predicted octanol–water partition coefficient (Wildman–Crippen LogP) is -0.0293. The van der Waals surface area contributed by atoms with Gasteiger partial charge < -0.3 is 10.2 Å². The van der Waals surface area contributed by atoms with Gasteiger partial charge in [0.05, 0.1) is 6.04 Å². The van der Waals surface area contributed by atoms with E-state index in [-0.39, 0.29) is 6.04 Å². The Morgan fingerprint density at radius 2 is 1.91 bits per heavy atom. The van der Waals surface area contributed by atoms with Crippen LogP contribution >= 0.6 is 0 Å². The first-order valence-electron chi connectivity index (χ1n) is 4.40. The molecular weight excluding hydrogens is 140 g/mol. The van der Waals surface area contributed by atoms with E-state index in [9.17, 15) is 4.79 Å². The van der Waals surface area contributed by atoms with Crippen molar-refractivity contribution in [1.82, 2.24) is 10.2 Å². The van der Waals surface area contributed by atoms with Crippen molar-refractivity contribution in [2.75, 3.05) is 19.6 Å². The van der Waals surface area contributed by atoms with Gasteiger partial charge >= 0.3 is 0 Å². The highest BCUT2D eigenvalue weighted by molar-refractivity contribution is 5.84. The lowest BCUT2D eigenvalue weighted by molar-refractivity contribution is -0.131. The van der Waals surface area contributed by atoms with Crippen LogP contribution in [-0.4, -0.2) is 36.5 Å². The van der Waals surface area contributed by atoms with Crippen molar-refractivity contribution in [2.24, 2.45) is 0 Å². The second-order valence-corrected chi connectivity index (χ2v) is 3.35. The minimum absolute atomic E-state index is 0.174. The van der Waals surface area contributed by atoms with Gasteiger partial charge in [0.15, 0.2) is 0 Å². The van der Waals surface area contributed by atoms with Gasteiger partial charge in [-0.3, -0.25) is 4.79 Å². The third kappa shape index (κ3) is 1.53. The van der Waals surface area contributed by atoms with Crippen LogP contribution in [0, 0.1) is 0 Å². The summed E-state index contributed by atoms with van der Waals surface area (Å²) in [6.45, 7) is 2.86. The zero-order chi connectivity index (χ0) is 7.68. The molecule has 0 spiro atoms. The summed E-state index contributed by atoms with van der Waals surface area (Å²) < 4.78 is 0. The second kappa shape index (κ2) is 2.81. The number of piperidine rings is 1. The van der Waals surface area contributed by atoms with Crippen LogP contribution in [0.2, 0.25) is 0 Å². The molecule has 1 unspecified atom stereocenters. The first-order chi connectivity index (χ1) is 5.38. The van der Waals surface area contributed by atoms with Gasteiger partial charge in [0, 0.05) is 19.6 Å². The lowest BCUT2D eigenvalue weighted by Gasteiger charge is -2.26. The molecule has 0 aromatic rings. The Morgan fingerprint density at radius 1 is 1.27 bits per heavy atom. The number of nitrogens with one attached hydrogen (secondary N) is 1. The number of likely N-dealkylation sites (tertiary alicyclic amines) is 1. The number of amides is 1. The lowest BCUT2D eigenvalue weighted by Crippen LogP contribution is -2.39. The summed E-state index contributed by atoms with van der Waals surface area (Å²) in [5.74, 6) is 0.324. The highest BCUT2D eigenvalue weighted by Gasteiger charge is 2.32. The van der Waals surface area contributed by atoms with E-state index in [0.717, 1.165) is 19.6 Å². The summed E-state index contributed by atoms with van der Waals surface area (Å²) in [6.07, 6.45) is 3.68. The van der Waals surface area contributed by atoms with Gasteiger partial charge in [-0.2, -0.15) is 0 Å². The minimum atomic E-state index is 0.174. The molecule has 2 saturated heterocycles. The molecule has 0 bridgehead atoms. The zero-order valence-electron chi connectivity index (χ0n) is 6.68. The van der Waals surface area contributed by atoms with Crippen molar-refractivity contribution >= 4 is 5.91 Å². The molecule has 0 aromatic heterocycles. The van der Waals surface area contributed by atoms with E-state index in [0.29, 0.717) is 5.91 Å². The van der Waals surface area contributed by atoms with E-state index in [1.54, 1.807) is 0 Å². The number of nitrogens with zero attached hydrogens (tertiary/aromatic N) is 1. The Balaban J connectivity index is 1.86. The van der Waals surface area contributed by atoms with Crippen LogP contribution in [-0.2, 0) is 4.79 Å². The molecule has 0 radical (unpaired) electrons. The quantitative estimate of drug-likeness (QED) is 0.539. The van der Waals surface area contributed by atoms with Crippen LogP contribution in [0.25, 0.3) is 0 Å². The van der Waals surface area contributed by atoms with Gasteiger partial charge in [-0.25, -0.2) is 0 Å². The maximum atomic E-state index is 11.4.